The number of benzene rings is 3. The quantitative estimate of drug-likeness (QED) is 0.262. The number of rotatable bonds is 13. The van der Waals surface area contributed by atoms with E-state index < -0.39 is 41.6 Å². The van der Waals surface area contributed by atoms with E-state index in [1.807, 2.05) is 54.6 Å². The van der Waals surface area contributed by atoms with Gasteiger partial charge in [-0.05, 0) is 49.1 Å². The van der Waals surface area contributed by atoms with Gasteiger partial charge in [0.05, 0.1) is 24.3 Å². The molecule has 43 heavy (non-hydrogen) atoms. The smallest absolute Gasteiger partial charge is 0.408 e. The van der Waals surface area contributed by atoms with Crippen LogP contribution in [0.2, 0.25) is 0 Å². The van der Waals surface area contributed by atoms with Crippen LogP contribution in [-0.4, -0.2) is 54.0 Å². The first kappa shape index (κ1) is 30.9. The van der Waals surface area contributed by atoms with Gasteiger partial charge in [-0.25, -0.2) is 4.79 Å². The summed E-state index contributed by atoms with van der Waals surface area (Å²) in [6.45, 7) is 3.45. The van der Waals surface area contributed by atoms with Gasteiger partial charge in [0.25, 0.3) is 0 Å². The number of ketones is 1. The lowest BCUT2D eigenvalue weighted by Crippen LogP contribution is -2.57. The average Bonchev–Trinajstić information content (AvgIpc) is 3.78. The zero-order valence-electron chi connectivity index (χ0n) is 24.0. The van der Waals surface area contributed by atoms with Crippen LogP contribution in [-0.2, 0) is 43.3 Å². The molecule has 10 nitrogen and oxygen atoms in total. The van der Waals surface area contributed by atoms with E-state index in [2.05, 4.69) is 16.0 Å². The van der Waals surface area contributed by atoms with E-state index in [4.69, 9.17) is 14.7 Å². The Morgan fingerprint density at radius 1 is 0.814 bits per heavy atom. The highest BCUT2D eigenvalue weighted by molar-refractivity contribution is 5.98. The monoisotopic (exact) mass is 582 g/mol. The van der Waals surface area contributed by atoms with Gasteiger partial charge >= 0.3 is 6.09 Å². The molecule has 0 radical (unpaired) electrons. The number of ether oxygens (including phenoxy) is 2. The summed E-state index contributed by atoms with van der Waals surface area (Å²) in [7, 11) is 0. The molecule has 0 aliphatic carbocycles. The van der Waals surface area contributed by atoms with Crippen LogP contribution in [0.3, 0.4) is 0 Å². The Kier molecular flexibility index (Phi) is 10.3. The van der Waals surface area contributed by atoms with E-state index in [1.54, 1.807) is 43.3 Å². The van der Waals surface area contributed by atoms with Crippen LogP contribution in [0.1, 0.15) is 36.1 Å². The lowest BCUT2D eigenvalue weighted by molar-refractivity contribution is -0.133. The third-order valence-corrected chi connectivity index (χ3v) is 7.11. The molecule has 3 unspecified atom stereocenters. The third-order valence-electron chi connectivity index (χ3n) is 7.11. The molecule has 4 rings (SSSR count). The van der Waals surface area contributed by atoms with Crippen LogP contribution in [0.5, 0.6) is 0 Å². The highest BCUT2D eigenvalue weighted by Gasteiger charge is 2.50. The largest absolute Gasteiger partial charge is 0.445 e. The number of alkyl carbamates (subject to hydrolysis) is 1. The van der Waals surface area contributed by atoms with Gasteiger partial charge < -0.3 is 25.4 Å². The number of amides is 3. The fourth-order valence-corrected chi connectivity index (χ4v) is 4.41. The first-order chi connectivity index (χ1) is 20.7. The molecule has 0 aromatic heterocycles. The van der Waals surface area contributed by atoms with Crippen LogP contribution in [0.15, 0.2) is 84.9 Å². The van der Waals surface area contributed by atoms with Gasteiger partial charge in [0.1, 0.15) is 24.3 Å². The standard InChI is InChI=1S/C33H34N4O6/c1-22(35-32(41)42-20-26-11-7-4-8-12-26)30(39)37-28(18-24-13-15-25(19-34)16-14-24)31(40)36-27(29(38)33(2)21-43-33)17-23-9-5-3-6-10-23/h3-16,22,27-28H,17-18,20-21H2,1-2H3,(H,35,41)(H,36,40)(H,37,39)/t22?,27?,28-,33?/m0/s1. The van der Waals surface area contributed by atoms with E-state index in [9.17, 15) is 19.2 Å². The minimum absolute atomic E-state index is 0.0319. The van der Waals surface area contributed by atoms with Crippen molar-refractivity contribution in [2.45, 2.75) is 57.0 Å². The maximum absolute atomic E-state index is 13.7. The van der Waals surface area contributed by atoms with Crippen LogP contribution < -0.4 is 16.0 Å². The van der Waals surface area contributed by atoms with Crippen molar-refractivity contribution in [1.82, 2.24) is 16.0 Å². The van der Waals surface area contributed by atoms with Gasteiger partial charge in [-0.15, -0.1) is 0 Å². The molecule has 0 spiro atoms. The summed E-state index contributed by atoms with van der Waals surface area (Å²) in [5, 5.41) is 17.2. The van der Waals surface area contributed by atoms with Crippen molar-refractivity contribution in [2.75, 3.05) is 6.61 Å². The van der Waals surface area contributed by atoms with E-state index in [0.717, 1.165) is 11.1 Å². The number of hydrogen-bond donors (Lipinski definition) is 3. The van der Waals surface area contributed by atoms with E-state index in [-0.39, 0.29) is 31.8 Å². The van der Waals surface area contributed by atoms with Crippen molar-refractivity contribution in [3.05, 3.63) is 107 Å². The molecule has 0 bridgehead atoms. The second kappa shape index (κ2) is 14.2. The summed E-state index contributed by atoms with van der Waals surface area (Å²) < 4.78 is 10.6. The van der Waals surface area contributed by atoms with Crippen molar-refractivity contribution >= 4 is 23.7 Å². The SMILES string of the molecule is CC(NC(=O)OCc1ccccc1)C(=O)N[C@@H](Cc1ccc(C#N)cc1)C(=O)NC(Cc1ccccc1)C(=O)C1(C)CO1. The zero-order chi connectivity index (χ0) is 30.8. The predicted octanol–water partition coefficient (Wildman–Crippen LogP) is 2.99. The first-order valence-electron chi connectivity index (χ1n) is 14.0. The highest BCUT2D eigenvalue weighted by Crippen LogP contribution is 2.29. The number of nitrogens with zero attached hydrogens (tertiary/aromatic N) is 1. The fourth-order valence-electron chi connectivity index (χ4n) is 4.41. The number of epoxide rings is 1. The Balaban J connectivity index is 1.46. The molecule has 1 aliphatic heterocycles. The van der Waals surface area contributed by atoms with Crippen LogP contribution >= 0.6 is 0 Å². The first-order valence-corrected chi connectivity index (χ1v) is 14.0. The van der Waals surface area contributed by atoms with Crippen molar-refractivity contribution < 1.29 is 28.7 Å². The van der Waals surface area contributed by atoms with Crippen LogP contribution in [0.25, 0.3) is 0 Å². The summed E-state index contributed by atoms with van der Waals surface area (Å²) in [5.74, 6) is -1.45. The molecule has 1 fully saturated rings. The Hall–Kier alpha value is -5.01. The van der Waals surface area contributed by atoms with Crippen LogP contribution in [0.4, 0.5) is 4.79 Å². The van der Waals surface area contributed by atoms with Gasteiger partial charge in [-0.2, -0.15) is 5.26 Å². The number of nitriles is 1. The van der Waals surface area contributed by atoms with Gasteiger partial charge in [0.2, 0.25) is 11.8 Å². The maximum atomic E-state index is 13.7. The molecular formula is C33H34N4O6. The molecule has 10 heteroatoms. The molecule has 1 saturated heterocycles. The summed E-state index contributed by atoms with van der Waals surface area (Å²) in [6, 6.07) is 24.0. The number of nitrogens with one attached hydrogen (secondary N) is 3. The molecule has 1 aliphatic rings. The summed E-state index contributed by atoms with van der Waals surface area (Å²) in [4.78, 5) is 52.5. The Morgan fingerprint density at radius 3 is 1.93 bits per heavy atom. The summed E-state index contributed by atoms with van der Waals surface area (Å²) >= 11 is 0. The molecule has 1 heterocycles. The molecule has 3 amide bonds. The number of carbonyl (C=O) groups is 4. The lowest BCUT2D eigenvalue weighted by Gasteiger charge is -2.25. The normalized spacial score (nSPS) is 17.3. The Labute approximate surface area is 250 Å². The number of Topliss-reactive ketones (excluding diaryl/α,β-unsaturated/α-hetero) is 1. The predicted molar refractivity (Wildman–Crippen MR) is 157 cm³/mol. The molecule has 3 N–H and O–H groups in total. The molecule has 4 atom stereocenters. The fraction of sp³-hybridized carbons (Fsp3) is 0.303. The number of hydrogen-bond acceptors (Lipinski definition) is 7. The average molecular weight is 583 g/mol. The Bertz CT molecular complexity index is 1470. The molecular weight excluding hydrogens is 548 g/mol. The van der Waals surface area contributed by atoms with Gasteiger partial charge in [0, 0.05) is 6.42 Å². The molecule has 3 aromatic carbocycles. The Morgan fingerprint density at radius 2 is 1.35 bits per heavy atom. The van der Waals surface area contributed by atoms with Crippen molar-refractivity contribution in [3.8, 4) is 6.07 Å². The molecule has 3 aromatic rings. The van der Waals surface area contributed by atoms with Gasteiger partial charge in [-0.1, -0.05) is 72.8 Å². The van der Waals surface area contributed by atoms with E-state index in [1.165, 1.54) is 6.92 Å². The van der Waals surface area contributed by atoms with Gasteiger partial charge in [0.15, 0.2) is 5.78 Å². The zero-order valence-corrected chi connectivity index (χ0v) is 24.0. The molecule has 0 saturated carbocycles. The highest BCUT2D eigenvalue weighted by atomic mass is 16.6. The van der Waals surface area contributed by atoms with E-state index >= 15 is 0 Å². The topological polar surface area (TPSA) is 150 Å². The van der Waals surface area contributed by atoms with Gasteiger partial charge in [-0.3, -0.25) is 14.4 Å². The second-order valence-electron chi connectivity index (χ2n) is 10.6. The second-order valence-corrected chi connectivity index (χ2v) is 10.6. The minimum atomic E-state index is -1.09. The van der Waals surface area contributed by atoms with Crippen molar-refractivity contribution in [2.24, 2.45) is 0 Å². The summed E-state index contributed by atoms with van der Waals surface area (Å²) in [6.07, 6.45) is -0.465. The number of carbonyl (C=O) groups excluding carboxylic acids is 4. The van der Waals surface area contributed by atoms with Crippen molar-refractivity contribution in [3.63, 3.8) is 0 Å². The van der Waals surface area contributed by atoms with E-state index in [0.29, 0.717) is 11.1 Å². The van der Waals surface area contributed by atoms with Crippen LogP contribution in [0, 0.1) is 11.3 Å². The third kappa shape index (κ3) is 8.99. The maximum Gasteiger partial charge on any atom is 0.408 e. The summed E-state index contributed by atoms with van der Waals surface area (Å²) in [5.41, 5.74) is 1.80. The minimum Gasteiger partial charge on any atom is -0.445 e. The van der Waals surface area contributed by atoms with Crippen molar-refractivity contribution in [1.29, 1.82) is 5.26 Å². The molecule has 222 valence electrons. The lowest BCUT2D eigenvalue weighted by atomic mass is 9.94.